The number of carbonyl (C=O) groups is 3. The number of carbonyl (C=O) groups excluding carboxylic acids is 3. The fraction of sp³-hybridized carbons (Fsp3) is 0.318. The Balaban J connectivity index is 1.44. The Labute approximate surface area is 169 Å². The number of nitrogens with one attached hydrogen (secondary N) is 2. The smallest absolute Gasteiger partial charge is 0.323 e. The number of likely N-dealkylation sites (tertiary alicyclic amines) is 1. The zero-order chi connectivity index (χ0) is 20.4. The van der Waals surface area contributed by atoms with Gasteiger partial charge >= 0.3 is 5.97 Å². The van der Waals surface area contributed by atoms with Crippen LogP contribution in [0.3, 0.4) is 0 Å². The molecule has 0 unspecified atom stereocenters. The zero-order valence-electron chi connectivity index (χ0n) is 16.2. The highest BCUT2D eigenvalue weighted by Crippen LogP contribution is 2.26. The molecule has 0 aromatic heterocycles. The standard InChI is InChI=1S/C22H23N3O4/c1-29-22(28)19-6-3-9-25(19)13-14-4-2-5-15(10-14)21(27)23-17-7-8-18-16(11-17)12-20(26)24-18/h2,4-5,7-8,10-11,19H,3,6,9,12-13H2,1H3,(H,23,27)(H,24,26)/t19-/m0/s1. The van der Waals surface area contributed by atoms with E-state index in [0.29, 0.717) is 24.2 Å². The van der Waals surface area contributed by atoms with Crippen LogP contribution < -0.4 is 10.6 Å². The van der Waals surface area contributed by atoms with Crippen molar-refractivity contribution in [3.05, 3.63) is 59.2 Å². The largest absolute Gasteiger partial charge is 0.468 e. The summed E-state index contributed by atoms with van der Waals surface area (Å²) in [6, 6.07) is 12.6. The van der Waals surface area contributed by atoms with Crippen LogP contribution in [0.15, 0.2) is 42.5 Å². The predicted molar refractivity (Wildman–Crippen MR) is 109 cm³/mol. The van der Waals surface area contributed by atoms with Gasteiger partial charge in [0.05, 0.1) is 13.5 Å². The lowest BCUT2D eigenvalue weighted by Gasteiger charge is -2.22. The van der Waals surface area contributed by atoms with Gasteiger partial charge in [-0.15, -0.1) is 0 Å². The van der Waals surface area contributed by atoms with Crippen molar-refractivity contribution in [3.8, 4) is 0 Å². The lowest BCUT2D eigenvalue weighted by atomic mass is 10.1. The van der Waals surface area contributed by atoms with Crippen LogP contribution in [0.5, 0.6) is 0 Å². The summed E-state index contributed by atoms with van der Waals surface area (Å²) in [5, 5.41) is 5.67. The monoisotopic (exact) mass is 393 g/mol. The Kier molecular flexibility index (Phi) is 5.31. The van der Waals surface area contributed by atoms with Crippen LogP contribution in [0, 0.1) is 0 Å². The Morgan fingerprint density at radius 1 is 1.24 bits per heavy atom. The highest BCUT2D eigenvalue weighted by Gasteiger charge is 2.31. The molecule has 2 heterocycles. The van der Waals surface area contributed by atoms with E-state index in [-0.39, 0.29) is 23.8 Å². The number of methoxy groups -OCH3 is 1. The van der Waals surface area contributed by atoms with Crippen LogP contribution in [0.25, 0.3) is 0 Å². The van der Waals surface area contributed by atoms with Gasteiger partial charge in [0.15, 0.2) is 0 Å². The highest BCUT2D eigenvalue weighted by atomic mass is 16.5. The number of amides is 2. The topological polar surface area (TPSA) is 87.7 Å². The molecule has 0 bridgehead atoms. The maximum Gasteiger partial charge on any atom is 0.323 e. The second-order valence-electron chi connectivity index (χ2n) is 7.40. The van der Waals surface area contributed by atoms with Crippen molar-refractivity contribution in [1.82, 2.24) is 4.90 Å². The maximum atomic E-state index is 12.7. The van der Waals surface area contributed by atoms with E-state index in [2.05, 4.69) is 15.5 Å². The quantitative estimate of drug-likeness (QED) is 0.763. The van der Waals surface area contributed by atoms with E-state index in [9.17, 15) is 14.4 Å². The summed E-state index contributed by atoms with van der Waals surface area (Å²) in [5.41, 5.74) is 3.84. The van der Waals surface area contributed by atoms with Crippen molar-refractivity contribution in [2.45, 2.75) is 31.8 Å². The van der Waals surface area contributed by atoms with E-state index in [4.69, 9.17) is 4.74 Å². The zero-order valence-corrected chi connectivity index (χ0v) is 16.2. The number of hydrogen-bond donors (Lipinski definition) is 2. The SMILES string of the molecule is COC(=O)[C@@H]1CCCN1Cc1cccc(C(=O)Nc2ccc3c(c2)CC(=O)N3)c1. The van der Waals surface area contributed by atoms with Gasteiger partial charge in [0, 0.05) is 23.5 Å². The number of fused-ring (bicyclic) bond motifs is 1. The van der Waals surface area contributed by atoms with Gasteiger partial charge in [-0.1, -0.05) is 12.1 Å². The lowest BCUT2D eigenvalue weighted by molar-refractivity contribution is -0.146. The molecule has 0 saturated carbocycles. The minimum Gasteiger partial charge on any atom is -0.468 e. The molecule has 29 heavy (non-hydrogen) atoms. The molecule has 1 fully saturated rings. The fourth-order valence-electron chi connectivity index (χ4n) is 3.97. The highest BCUT2D eigenvalue weighted by molar-refractivity contribution is 6.05. The second kappa shape index (κ2) is 8.05. The van der Waals surface area contributed by atoms with E-state index in [1.165, 1.54) is 7.11 Å². The van der Waals surface area contributed by atoms with Crippen LogP contribution in [0.1, 0.15) is 34.3 Å². The van der Waals surface area contributed by atoms with Crippen LogP contribution in [-0.4, -0.2) is 42.4 Å². The first kappa shape index (κ1) is 19.1. The summed E-state index contributed by atoms with van der Waals surface area (Å²) in [6.45, 7) is 1.42. The normalized spacial score (nSPS) is 18.2. The van der Waals surface area contributed by atoms with Gasteiger partial charge in [-0.2, -0.15) is 0 Å². The molecule has 0 radical (unpaired) electrons. The summed E-state index contributed by atoms with van der Waals surface area (Å²) in [7, 11) is 1.41. The first-order valence-electron chi connectivity index (χ1n) is 9.68. The summed E-state index contributed by atoms with van der Waals surface area (Å²) < 4.78 is 4.90. The van der Waals surface area contributed by atoms with Crippen LogP contribution in [-0.2, 0) is 27.3 Å². The molecule has 0 spiro atoms. The Morgan fingerprint density at radius 3 is 2.93 bits per heavy atom. The fourth-order valence-corrected chi connectivity index (χ4v) is 3.97. The average molecular weight is 393 g/mol. The van der Waals surface area contributed by atoms with Crippen LogP contribution in [0.2, 0.25) is 0 Å². The maximum absolute atomic E-state index is 12.7. The molecule has 0 aliphatic carbocycles. The number of benzene rings is 2. The van der Waals surface area contributed by atoms with Gasteiger partial charge in [-0.3, -0.25) is 19.3 Å². The summed E-state index contributed by atoms with van der Waals surface area (Å²) in [5.74, 6) is -0.459. The van der Waals surface area contributed by atoms with Crippen molar-refractivity contribution < 1.29 is 19.1 Å². The Hall–Kier alpha value is -3.19. The number of ether oxygens (including phenoxy) is 1. The summed E-state index contributed by atoms with van der Waals surface area (Å²) in [6.07, 6.45) is 2.07. The summed E-state index contributed by atoms with van der Waals surface area (Å²) in [4.78, 5) is 38.2. The molecule has 7 heteroatoms. The van der Waals surface area contributed by atoms with Gasteiger partial charge in [-0.25, -0.2) is 0 Å². The van der Waals surface area contributed by atoms with Gasteiger partial charge in [-0.05, 0) is 60.8 Å². The number of rotatable bonds is 5. The molecule has 7 nitrogen and oxygen atoms in total. The van der Waals surface area contributed by atoms with Gasteiger partial charge in [0.2, 0.25) is 5.91 Å². The average Bonchev–Trinajstić information content (AvgIpc) is 3.32. The first-order chi connectivity index (χ1) is 14.0. The van der Waals surface area contributed by atoms with Crippen molar-refractivity contribution in [1.29, 1.82) is 0 Å². The first-order valence-corrected chi connectivity index (χ1v) is 9.68. The van der Waals surface area contributed by atoms with Gasteiger partial charge in [0.1, 0.15) is 6.04 Å². The Bertz CT molecular complexity index is 972. The molecule has 2 aromatic carbocycles. The van der Waals surface area contributed by atoms with Crippen molar-refractivity contribution in [2.75, 3.05) is 24.3 Å². The van der Waals surface area contributed by atoms with Crippen molar-refractivity contribution in [3.63, 3.8) is 0 Å². The lowest BCUT2D eigenvalue weighted by Crippen LogP contribution is -2.36. The van der Waals surface area contributed by atoms with Gasteiger partial charge in [0.25, 0.3) is 5.91 Å². The molecule has 2 amide bonds. The number of nitrogens with zero attached hydrogens (tertiary/aromatic N) is 1. The molecular formula is C22H23N3O4. The third kappa shape index (κ3) is 4.14. The number of anilines is 2. The van der Waals surface area contributed by atoms with E-state index in [1.807, 2.05) is 24.3 Å². The molecule has 2 N–H and O–H groups in total. The molecule has 1 saturated heterocycles. The predicted octanol–water partition coefficient (Wildman–Crippen LogP) is 2.57. The Morgan fingerprint density at radius 2 is 2.10 bits per heavy atom. The minimum absolute atomic E-state index is 0.0386. The van der Waals surface area contributed by atoms with Gasteiger partial charge < -0.3 is 15.4 Å². The number of hydrogen-bond acceptors (Lipinski definition) is 5. The molecule has 4 rings (SSSR count). The van der Waals surface area contributed by atoms with E-state index in [0.717, 1.165) is 36.2 Å². The third-order valence-electron chi connectivity index (χ3n) is 5.40. The van der Waals surface area contributed by atoms with Crippen molar-refractivity contribution in [2.24, 2.45) is 0 Å². The van der Waals surface area contributed by atoms with E-state index >= 15 is 0 Å². The van der Waals surface area contributed by atoms with Crippen molar-refractivity contribution >= 4 is 29.2 Å². The molecule has 1 atom stereocenters. The second-order valence-corrected chi connectivity index (χ2v) is 7.40. The molecule has 2 aliphatic heterocycles. The van der Waals surface area contributed by atoms with Crippen LogP contribution in [0.4, 0.5) is 11.4 Å². The minimum atomic E-state index is -0.222. The third-order valence-corrected chi connectivity index (χ3v) is 5.40. The molecule has 2 aliphatic rings. The molecular weight excluding hydrogens is 370 g/mol. The summed E-state index contributed by atoms with van der Waals surface area (Å²) >= 11 is 0. The van der Waals surface area contributed by atoms with E-state index in [1.54, 1.807) is 18.2 Å². The molecule has 150 valence electrons. The van der Waals surface area contributed by atoms with E-state index < -0.39 is 0 Å². The molecule has 2 aromatic rings. The van der Waals surface area contributed by atoms with Crippen LogP contribution >= 0.6 is 0 Å². The number of esters is 1.